The lowest BCUT2D eigenvalue weighted by atomic mass is 9.44. The normalized spacial score (nSPS) is 36.5. The number of esters is 5. The van der Waals surface area contributed by atoms with E-state index in [1.54, 1.807) is 54.6 Å². The highest BCUT2D eigenvalue weighted by molar-refractivity contribution is 5.96. The predicted molar refractivity (Wildman–Crippen MR) is 294 cm³/mol. The number of aliphatic hydroxyl groups is 9. The molecule has 5 fully saturated rings. The molecule has 6 aliphatic rings. The zero-order valence-corrected chi connectivity index (χ0v) is 48.8. The van der Waals surface area contributed by atoms with E-state index in [0.29, 0.717) is 0 Å². The van der Waals surface area contributed by atoms with Gasteiger partial charge in [-0.15, -0.1) is 0 Å². The molecule has 88 heavy (non-hydrogen) atoms. The zero-order valence-electron chi connectivity index (χ0n) is 48.8. The van der Waals surface area contributed by atoms with Crippen LogP contribution in [0.15, 0.2) is 102 Å². The SMILES string of the molecule is CC(=O)O[C@H]1C(=O)[C@]2(C)[C@@H](OC(=O)CO[C@H]3O[C@H](CO)[C@@H](O[C@H]4O[C@H](CO)[C@@H](O)[C@H](O)[C@H]4O)[C@H](O)[C@H]3O)C[C@H]3OC[C@@]3(OC(C)=O)[C@H]2[C@H](OC(=O)c2ccccc2)[C@]2(O)C[C@H](OC(=O)[C@H](O)[C@@H](NC(=O)c3ccccc3)c3ccccc3)C(C)=C1C2(C)C. The van der Waals surface area contributed by atoms with Crippen LogP contribution in [-0.2, 0) is 71.3 Å². The number of hydrogen-bond donors (Lipinski definition) is 10. The van der Waals surface area contributed by atoms with Crippen molar-refractivity contribution in [1.29, 1.82) is 0 Å². The van der Waals surface area contributed by atoms with E-state index >= 15 is 4.79 Å². The van der Waals surface area contributed by atoms with Crippen LogP contribution < -0.4 is 5.32 Å². The summed E-state index contributed by atoms with van der Waals surface area (Å²) in [7, 11) is 0. The molecule has 10 N–H and O–H groups in total. The third-order valence-corrected chi connectivity index (χ3v) is 18.0. The van der Waals surface area contributed by atoms with Gasteiger partial charge >= 0.3 is 29.8 Å². The van der Waals surface area contributed by atoms with E-state index in [9.17, 15) is 74.7 Å². The Hall–Kier alpha value is -6.67. The number of ketones is 1. The van der Waals surface area contributed by atoms with Crippen molar-refractivity contribution in [3.63, 3.8) is 0 Å². The first-order chi connectivity index (χ1) is 41.6. The summed E-state index contributed by atoms with van der Waals surface area (Å²) in [6.07, 6.45) is -30.7. The fraction of sp³-hybridized carbons (Fsp3) is 0.557. The van der Waals surface area contributed by atoms with Gasteiger partial charge in [0.15, 0.2) is 36.2 Å². The lowest BCUT2D eigenvalue weighted by Gasteiger charge is -2.67. The average molecular weight is 1240 g/mol. The number of rotatable bonds is 18. The van der Waals surface area contributed by atoms with E-state index in [-0.39, 0.29) is 27.8 Å². The van der Waals surface area contributed by atoms with Crippen molar-refractivity contribution in [2.24, 2.45) is 16.7 Å². The van der Waals surface area contributed by atoms with Gasteiger partial charge < -0.3 is 98.6 Å². The second kappa shape index (κ2) is 26.0. The lowest BCUT2D eigenvalue weighted by Crippen LogP contribution is -2.82. The number of carbonyl (C=O) groups excluding carboxylic acids is 7. The Morgan fingerprint density at radius 2 is 1.31 bits per heavy atom. The average Bonchev–Trinajstić information content (AvgIpc) is 0.702. The van der Waals surface area contributed by atoms with Crippen molar-refractivity contribution < 1.29 is 127 Å². The molecule has 0 aromatic heterocycles. The molecule has 0 radical (unpaired) electrons. The molecule has 478 valence electrons. The third-order valence-electron chi connectivity index (χ3n) is 18.0. The molecule has 2 bridgehead atoms. The molecule has 9 rings (SSSR count). The van der Waals surface area contributed by atoms with Crippen LogP contribution in [0.3, 0.4) is 0 Å². The van der Waals surface area contributed by atoms with Gasteiger partial charge in [0.2, 0.25) is 0 Å². The smallest absolute Gasteiger partial charge is 0.338 e. The molecule has 21 atom stereocenters. The lowest BCUT2D eigenvalue weighted by molar-refractivity contribution is -0.359. The minimum absolute atomic E-state index is 0.0159. The predicted octanol–water partition coefficient (Wildman–Crippen LogP) is -1.07. The van der Waals surface area contributed by atoms with Crippen molar-refractivity contribution in [2.75, 3.05) is 26.4 Å². The summed E-state index contributed by atoms with van der Waals surface area (Å²) < 4.78 is 59.5. The van der Waals surface area contributed by atoms with Gasteiger partial charge in [-0.05, 0) is 54.8 Å². The summed E-state index contributed by atoms with van der Waals surface area (Å²) in [5.41, 5.74) is -8.74. The van der Waals surface area contributed by atoms with Crippen molar-refractivity contribution >= 4 is 41.5 Å². The first-order valence-electron chi connectivity index (χ1n) is 28.6. The van der Waals surface area contributed by atoms with Gasteiger partial charge in [0.1, 0.15) is 85.5 Å². The number of aliphatic hydroxyl groups excluding tert-OH is 8. The number of amides is 1. The molecule has 1 amide bonds. The van der Waals surface area contributed by atoms with Crippen molar-refractivity contribution in [1.82, 2.24) is 5.32 Å². The Kier molecular flexibility index (Phi) is 19.5. The topological polar surface area (TPSA) is 406 Å². The summed E-state index contributed by atoms with van der Waals surface area (Å²) in [4.78, 5) is 101. The first kappa shape index (κ1) is 65.8. The number of hydrogen-bond acceptors (Lipinski definition) is 26. The van der Waals surface area contributed by atoms with Gasteiger partial charge in [-0.3, -0.25) is 19.2 Å². The van der Waals surface area contributed by atoms with Gasteiger partial charge in [-0.25, -0.2) is 14.4 Å². The van der Waals surface area contributed by atoms with Gasteiger partial charge in [0.05, 0.1) is 42.8 Å². The molecule has 3 saturated heterocycles. The fourth-order valence-electron chi connectivity index (χ4n) is 13.4. The Morgan fingerprint density at radius 1 is 0.716 bits per heavy atom. The molecule has 3 aliphatic heterocycles. The van der Waals surface area contributed by atoms with Crippen LogP contribution in [0.4, 0.5) is 0 Å². The molecule has 27 heteroatoms. The molecule has 2 saturated carbocycles. The van der Waals surface area contributed by atoms with Crippen LogP contribution in [0.2, 0.25) is 0 Å². The molecule has 0 spiro atoms. The number of carbonyl (C=O) groups is 7. The molecule has 27 nitrogen and oxygen atoms in total. The van der Waals surface area contributed by atoms with Gasteiger partial charge in [-0.2, -0.15) is 0 Å². The maximum absolute atomic E-state index is 16.4. The Labute approximate surface area is 503 Å². The maximum atomic E-state index is 16.4. The van der Waals surface area contributed by atoms with Crippen molar-refractivity contribution in [2.45, 2.75) is 170 Å². The Balaban J connectivity index is 1.09. The largest absolute Gasteiger partial charge is 0.459 e. The molecular formula is C61H73NO26. The Bertz CT molecular complexity index is 3090. The monoisotopic (exact) mass is 1240 g/mol. The molecule has 3 aromatic carbocycles. The van der Waals surface area contributed by atoms with Crippen LogP contribution in [0, 0.1) is 16.7 Å². The highest BCUT2D eigenvalue weighted by Crippen LogP contribution is 2.65. The van der Waals surface area contributed by atoms with E-state index < -0.39 is 213 Å². The minimum atomic E-state index is -2.64. The summed E-state index contributed by atoms with van der Waals surface area (Å²) in [6.45, 7) is 4.22. The van der Waals surface area contributed by atoms with Crippen LogP contribution in [-0.4, -0.2) is 223 Å². The summed E-state index contributed by atoms with van der Waals surface area (Å²) in [5.74, 6) is -9.32. The van der Waals surface area contributed by atoms with Crippen molar-refractivity contribution in [3.05, 3.63) is 119 Å². The Morgan fingerprint density at radius 3 is 1.89 bits per heavy atom. The molecule has 3 aromatic rings. The number of nitrogens with one attached hydrogen (secondary N) is 1. The van der Waals surface area contributed by atoms with Gasteiger partial charge in [0, 0.05) is 37.7 Å². The van der Waals surface area contributed by atoms with Crippen LogP contribution >= 0.6 is 0 Å². The third kappa shape index (κ3) is 12.0. The number of Topliss-reactive ketones (excluding diaryl/α,β-unsaturated/α-hetero) is 1. The summed E-state index contributed by atoms with van der Waals surface area (Å²) in [6, 6.07) is 22.0. The quantitative estimate of drug-likeness (QED) is 0.0412. The first-order valence-corrected chi connectivity index (χ1v) is 28.6. The maximum Gasteiger partial charge on any atom is 0.338 e. The van der Waals surface area contributed by atoms with Gasteiger partial charge in [-0.1, -0.05) is 80.6 Å². The van der Waals surface area contributed by atoms with E-state index in [1.165, 1.54) is 64.1 Å². The van der Waals surface area contributed by atoms with E-state index in [1.807, 2.05) is 0 Å². The molecule has 0 unspecified atom stereocenters. The second-order valence-corrected chi connectivity index (χ2v) is 23.6. The van der Waals surface area contributed by atoms with Crippen LogP contribution in [0.1, 0.15) is 86.7 Å². The highest BCUT2D eigenvalue weighted by Gasteiger charge is 2.79. The van der Waals surface area contributed by atoms with Crippen molar-refractivity contribution in [3.8, 4) is 0 Å². The highest BCUT2D eigenvalue weighted by atomic mass is 16.7. The summed E-state index contributed by atoms with van der Waals surface area (Å²) >= 11 is 0. The minimum Gasteiger partial charge on any atom is -0.459 e. The molecule has 3 heterocycles. The second-order valence-electron chi connectivity index (χ2n) is 23.6. The van der Waals surface area contributed by atoms with E-state index in [4.69, 9.17) is 47.4 Å². The standard InChI is InChI=1S/C61H73NO26/c1-28-34(82-55(77)43(69)41(31-16-10-7-11-17-31)62-53(75)32-18-12-8-13-19-32)23-61(78)52(87-54(76)33-20-14-9-15-21-33)50-59(6,51(74)49(81-29(2)65)40(28)58(61,4)5)37(22-38-60(50,27-80-38)88-30(3)66)85-39(67)26-79-56-47(73)45(71)48(36(25-64)84-56)86-57-46(72)44(70)42(68)35(24-63)83-57/h7-21,34-38,41-50,52,56-57,63-64,68-73,78H,22-27H2,1-6H3,(H,62,75)/t34-,35+,36+,37-,38+,41-,42+,43+,44-,45+,46+,47+,48+,49+,50-,52-,56-,57+,59+,60-,61+/m0/s1. The van der Waals surface area contributed by atoms with Crippen LogP contribution in [0.25, 0.3) is 0 Å². The van der Waals surface area contributed by atoms with E-state index in [0.717, 1.165) is 13.8 Å². The number of fused-ring (bicyclic) bond motifs is 5. The zero-order chi connectivity index (χ0) is 63.9. The van der Waals surface area contributed by atoms with Gasteiger partial charge in [0.25, 0.3) is 5.91 Å². The number of benzene rings is 3. The number of ether oxygens (including phenoxy) is 10. The fourth-order valence-corrected chi connectivity index (χ4v) is 13.4. The molecular weight excluding hydrogens is 1160 g/mol. The summed E-state index contributed by atoms with van der Waals surface area (Å²) in [5, 5.41) is 103. The van der Waals surface area contributed by atoms with E-state index in [2.05, 4.69) is 5.32 Å². The molecule has 3 aliphatic carbocycles. The van der Waals surface area contributed by atoms with Crippen LogP contribution in [0.5, 0.6) is 0 Å².